The van der Waals surface area contributed by atoms with Gasteiger partial charge in [-0.1, -0.05) is 0 Å². The lowest BCUT2D eigenvalue weighted by atomic mass is 10.1. The van der Waals surface area contributed by atoms with Crippen LogP contribution in [0.5, 0.6) is 0 Å². The molecule has 2 rings (SSSR count). The Bertz CT molecular complexity index is 681. The standard InChI is InChI=1S/C15H17NO5/c1-5-19-14(18)12-11(13(17)21-15(2,3)4)9-6-7-16-8-10(9)20-12/h6-8H,5H2,1-4H3. The fourth-order valence-corrected chi connectivity index (χ4v) is 1.82. The summed E-state index contributed by atoms with van der Waals surface area (Å²) in [5, 5.41) is 0.474. The number of fused-ring (bicyclic) bond motifs is 1. The summed E-state index contributed by atoms with van der Waals surface area (Å²) in [5.41, 5.74) is -0.276. The predicted octanol–water partition coefficient (Wildman–Crippen LogP) is 2.96. The molecule has 0 amide bonds. The van der Waals surface area contributed by atoms with Gasteiger partial charge in [0.15, 0.2) is 5.58 Å². The fraction of sp³-hybridized carbons (Fsp3) is 0.400. The molecule has 0 atom stereocenters. The zero-order valence-corrected chi connectivity index (χ0v) is 12.4. The molecular formula is C15H17NO5. The molecule has 2 aromatic rings. The van der Waals surface area contributed by atoms with Crippen LogP contribution in [0.3, 0.4) is 0 Å². The zero-order chi connectivity index (χ0) is 15.6. The summed E-state index contributed by atoms with van der Waals surface area (Å²) in [5.74, 6) is -1.49. The third kappa shape index (κ3) is 3.21. The van der Waals surface area contributed by atoms with Crippen molar-refractivity contribution in [3.63, 3.8) is 0 Å². The first kappa shape index (κ1) is 15.0. The van der Waals surface area contributed by atoms with Gasteiger partial charge in [0.25, 0.3) is 0 Å². The van der Waals surface area contributed by atoms with Crippen molar-refractivity contribution in [1.82, 2.24) is 4.98 Å². The first-order valence-electron chi connectivity index (χ1n) is 6.60. The lowest BCUT2D eigenvalue weighted by Gasteiger charge is -2.19. The van der Waals surface area contributed by atoms with Crippen molar-refractivity contribution >= 4 is 22.9 Å². The van der Waals surface area contributed by atoms with Gasteiger partial charge in [-0.05, 0) is 33.8 Å². The molecule has 6 nitrogen and oxygen atoms in total. The molecule has 0 N–H and O–H groups in total. The number of nitrogens with zero attached hydrogens (tertiary/aromatic N) is 1. The van der Waals surface area contributed by atoms with Crippen molar-refractivity contribution in [2.24, 2.45) is 0 Å². The van der Waals surface area contributed by atoms with E-state index in [0.717, 1.165) is 0 Å². The molecule has 0 fully saturated rings. The van der Waals surface area contributed by atoms with Crippen molar-refractivity contribution in [3.05, 3.63) is 29.8 Å². The lowest BCUT2D eigenvalue weighted by molar-refractivity contribution is 0.00641. The number of furan rings is 1. The highest BCUT2D eigenvalue weighted by Gasteiger charge is 2.30. The Labute approximate surface area is 122 Å². The van der Waals surface area contributed by atoms with Gasteiger partial charge in [0.2, 0.25) is 5.76 Å². The average molecular weight is 291 g/mol. The van der Waals surface area contributed by atoms with Gasteiger partial charge in [-0.3, -0.25) is 4.98 Å². The van der Waals surface area contributed by atoms with E-state index in [0.29, 0.717) is 11.0 Å². The quantitative estimate of drug-likeness (QED) is 0.809. The summed E-state index contributed by atoms with van der Waals surface area (Å²) < 4.78 is 15.7. The summed E-state index contributed by atoms with van der Waals surface area (Å²) in [6.45, 7) is 7.10. The van der Waals surface area contributed by atoms with Crippen molar-refractivity contribution in [1.29, 1.82) is 0 Å². The average Bonchev–Trinajstić information content (AvgIpc) is 2.76. The predicted molar refractivity (Wildman–Crippen MR) is 75.1 cm³/mol. The van der Waals surface area contributed by atoms with E-state index < -0.39 is 17.5 Å². The summed E-state index contributed by atoms with van der Waals surface area (Å²) in [6.07, 6.45) is 2.95. The Hall–Kier alpha value is -2.37. The maximum Gasteiger partial charge on any atom is 0.375 e. The molecule has 0 aliphatic carbocycles. The van der Waals surface area contributed by atoms with Gasteiger partial charge in [0.05, 0.1) is 12.8 Å². The number of pyridine rings is 1. The van der Waals surface area contributed by atoms with E-state index in [9.17, 15) is 9.59 Å². The van der Waals surface area contributed by atoms with Gasteiger partial charge in [0.1, 0.15) is 11.2 Å². The molecule has 0 bridgehead atoms. The lowest BCUT2D eigenvalue weighted by Crippen LogP contribution is -2.25. The Kier molecular flexibility index (Phi) is 3.97. The Morgan fingerprint density at radius 2 is 2.00 bits per heavy atom. The van der Waals surface area contributed by atoms with Crippen LogP contribution in [0.2, 0.25) is 0 Å². The van der Waals surface area contributed by atoms with Crippen molar-refractivity contribution < 1.29 is 23.5 Å². The molecule has 21 heavy (non-hydrogen) atoms. The summed E-state index contributed by atoms with van der Waals surface area (Å²) in [6, 6.07) is 1.60. The van der Waals surface area contributed by atoms with E-state index in [2.05, 4.69) is 4.98 Å². The van der Waals surface area contributed by atoms with Crippen LogP contribution in [0.4, 0.5) is 0 Å². The smallest absolute Gasteiger partial charge is 0.375 e. The number of ether oxygens (including phenoxy) is 2. The maximum atomic E-state index is 12.4. The van der Waals surface area contributed by atoms with Gasteiger partial charge in [-0.15, -0.1) is 0 Å². The molecule has 112 valence electrons. The van der Waals surface area contributed by atoms with Crippen LogP contribution in [0, 0.1) is 0 Å². The second-order valence-corrected chi connectivity index (χ2v) is 5.40. The highest BCUT2D eigenvalue weighted by Crippen LogP contribution is 2.28. The number of rotatable bonds is 3. The Morgan fingerprint density at radius 1 is 1.29 bits per heavy atom. The molecule has 0 saturated carbocycles. The summed E-state index contributed by atoms with van der Waals surface area (Å²) in [4.78, 5) is 28.2. The van der Waals surface area contributed by atoms with Crippen molar-refractivity contribution in [2.75, 3.05) is 6.61 Å². The number of carbonyl (C=O) groups is 2. The number of carbonyl (C=O) groups excluding carboxylic acids is 2. The molecule has 2 heterocycles. The number of hydrogen-bond donors (Lipinski definition) is 0. The first-order valence-corrected chi connectivity index (χ1v) is 6.60. The molecule has 0 spiro atoms. The van der Waals surface area contributed by atoms with Gasteiger partial charge in [0, 0.05) is 11.6 Å². The fourth-order valence-electron chi connectivity index (χ4n) is 1.82. The Balaban J connectivity index is 2.55. The minimum absolute atomic E-state index is 0.0702. The first-order chi connectivity index (χ1) is 9.83. The van der Waals surface area contributed by atoms with Gasteiger partial charge >= 0.3 is 11.9 Å². The molecule has 0 saturated heterocycles. The van der Waals surface area contributed by atoms with Gasteiger partial charge in [-0.25, -0.2) is 9.59 Å². The van der Waals surface area contributed by atoms with Gasteiger partial charge < -0.3 is 13.9 Å². The summed E-state index contributed by atoms with van der Waals surface area (Å²) in [7, 11) is 0. The van der Waals surface area contributed by atoms with Crippen LogP contribution >= 0.6 is 0 Å². The van der Waals surface area contributed by atoms with E-state index in [1.54, 1.807) is 33.8 Å². The monoisotopic (exact) mass is 291 g/mol. The van der Waals surface area contributed by atoms with Crippen LogP contribution in [0.1, 0.15) is 48.6 Å². The molecule has 2 aromatic heterocycles. The van der Waals surface area contributed by atoms with E-state index in [1.807, 2.05) is 0 Å². The minimum Gasteiger partial charge on any atom is -0.460 e. The third-order valence-corrected chi connectivity index (χ3v) is 2.56. The third-order valence-electron chi connectivity index (χ3n) is 2.56. The second-order valence-electron chi connectivity index (χ2n) is 5.40. The molecule has 0 unspecified atom stereocenters. The highest BCUT2D eigenvalue weighted by atomic mass is 16.6. The molecule has 0 radical (unpaired) electrons. The van der Waals surface area contributed by atoms with Crippen molar-refractivity contribution in [3.8, 4) is 0 Å². The van der Waals surface area contributed by atoms with Crippen LogP contribution < -0.4 is 0 Å². The highest BCUT2D eigenvalue weighted by molar-refractivity contribution is 6.11. The van der Waals surface area contributed by atoms with E-state index >= 15 is 0 Å². The second kappa shape index (κ2) is 5.55. The molecule has 6 heteroatoms. The molecular weight excluding hydrogens is 274 g/mol. The number of hydrogen-bond acceptors (Lipinski definition) is 6. The summed E-state index contributed by atoms with van der Waals surface area (Å²) >= 11 is 0. The Morgan fingerprint density at radius 3 is 2.62 bits per heavy atom. The number of esters is 2. The van der Waals surface area contributed by atoms with Crippen molar-refractivity contribution in [2.45, 2.75) is 33.3 Å². The minimum atomic E-state index is -0.699. The zero-order valence-electron chi connectivity index (χ0n) is 12.4. The van der Waals surface area contributed by atoms with E-state index in [4.69, 9.17) is 13.9 Å². The van der Waals surface area contributed by atoms with E-state index in [-0.39, 0.29) is 17.9 Å². The topological polar surface area (TPSA) is 78.6 Å². The van der Waals surface area contributed by atoms with Crippen LogP contribution in [0.25, 0.3) is 11.0 Å². The maximum absolute atomic E-state index is 12.4. The largest absolute Gasteiger partial charge is 0.460 e. The molecule has 0 aliphatic heterocycles. The van der Waals surface area contributed by atoms with Crippen LogP contribution in [-0.2, 0) is 9.47 Å². The van der Waals surface area contributed by atoms with E-state index in [1.165, 1.54) is 12.4 Å². The van der Waals surface area contributed by atoms with Crippen LogP contribution in [-0.4, -0.2) is 29.1 Å². The van der Waals surface area contributed by atoms with Crippen LogP contribution in [0.15, 0.2) is 22.9 Å². The van der Waals surface area contributed by atoms with Gasteiger partial charge in [-0.2, -0.15) is 0 Å². The molecule has 0 aliphatic rings. The molecule has 0 aromatic carbocycles. The normalized spacial score (nSPS) is 11.4. The SMILES string of the molecule is CCOC(=O)c1oc2cnccc2c1C(=O)OC(C)(C)C. The number of aromatic nitrogens is 1.